The van der Waals surface area contributed by atoms with Crippen LogP contribution in [0.2, 0.25) is 0 Å². The van der Waals surface area contributed by atoms with Crippen LogP contribution < -0.4 is 16.2 Å². The molecule has 0 amide bonds. The first-order valence-electron chi connectivity index (χ1n) is 6.95. The second-order valence-corrected chi connectivity index (χ2v) is 5.72. The zero-order valence-corrected chi connectivity index (χ0v) is 12.9. The van der Waals surface area contributed by atoms with Crippen molar-refractivity contribution in [3.05, 3.63) is 21.0 Å². The second kappa shape index (κ2) is 7.05. The summed E-state index contributed by atoms with van der Waals surface area (Å²) in [4.78, 5) is 12.0. The number of piperidine rings is 1. The van der Waals surface area contributed by atoms with Gasteiger partial charge in [-0.1, -0.05) is 13.3 Å². The summed E-state index contributed by atoms with van der Waals surface area (Å²) in [5.41, 5.74) is 0.716. The zero-order chi connectivity index (χ0) is 13.7. The van der Waals surface area contributed by atoms with Crippen molar-refractivity contribution < 1.29 is 0 Å². The standard InChI is InChI=1S/C13H21BrN4O/c1-2-7-18-13(19)12(14)11(9-17-18)16-8-10-5-3-4-6-15-10/h9-10,15-16H,2-8H2,1H3. The van der Waals surface area contributed by atoms with Crippen LogP contribution >= 0.6 is 15.9 Å². The van der Waals surface area contributed by atoms with Crippen LogP contribution in [0.25, 0.3) is 0 Å². The topological polar surface area (TPSA) is 59.0 Å². The lowest BCUT2D eigenvalue weighted by atomic mass is 10.1. The maximum atomic E-state index is 12.0. The third kappa shape index (κ3) is 3.79. The van der Waals surface area contributed by atoms with Gasteiger partial charge in [-0.15, -0.1) is 0 Å². The van der Waals surface area contributed by atoms with Crippen LogP contribution in [0.1, 0.15) is 32.6 Å². The maximum Gasteiger partial charge on any atom is 0.283 e. The Hall–Kier alpha value is -0.880. The lowest BCUT2D eigenvalue weighted by Crippen LogP contribution is -2.39. The largest absolute Gasteiger partial charge is 0.381 e. The molecule has 1 atom stereocenters. The van der Waals surface area contributed by atoms with Gasteiger partial charge in [0.2, 0.25) is 0 Å². The average Bonchev–Trinajstić information content (AvgIpc) is 2.44. The highest BCUT2D eigenvalue weighted by molar-refractivity contribution is 9.10. The molecular weight excluding hydrogens is 308 g/mol. The zero-order valence-electron chi connectivity index (χ0n) is 11.3. The van der Waals surface area contributed by atoms with Gasteiger partial charge in [-0.3, -0.25) is 4.79 Å². The van der Waals surface area contributed by atoms with Gasteiger partial charge in [-0.2, -0.15) is 5.10 Å². The van der Waals surface area contributed by atoms with Crippen molar-refractivity contribution in [2.24, 2.45) is 0 Å². The van der Waals surface area contributed by atoms with Gasteiger partial charge in [-0.05, 0) is 41.7 Å². The summed E-state index contributed by atoms with van der Waals surface area (Å²) in [7, 11) is 0. The fourth-order valence-electron chi connectivity index (χ4n) is 2.29. The molecule has 2 rings (SSSR count). The summed E-state index contributed by atoms with van der Waals surface area (Å²) in [6, 6.07) is 0.485. The normalized spacial score (nSPS) is 19.4. The van der Waals surface area contributed by atoms with E-state index < -0.39 is 0 Å². The molecule has 2 N–H and O–H groups in total. The van der Waals surface area contributed by atoms with E-state index in [0.717, 1.165) is 25.2 Å². The highest BCUT2D eigenvalue weighted by Gasteiger charge is 2.14. The van der Waals surface area contributed by atoms with Crippen LogP contribution in [0.15, 0.2) is 15.5 Å². The smallest absolute Gasteiger partial charge is 0.283 e. The van der Waals surface area contributed by atoms with Gasteiger partial charge in [0.1, 0.15) is 4.47 Å². The number of aryl methyl sites for hydroxylation is 1. The van der Waals surface area contributed by atoms with Crippen molar-refractivity contribution >= 4 is 21.6 Å². The van der Waals surface area contributed by atoms with Crippen LogP contribution in [0.5, 0.6) is 0 Å². The van der Waals surface area contributed by atoms with E-state index in [9.17, 15) is 4.79 Å². The number of anilines is 1. The molecule has 0 spiro atoms. The highest BCUT2D eigenvalue weighted by atomic mass is 79.9. The van der Waals surface area contributed by atoms with Crippen LogP contribution in [0.4, 0.5) is 5.69 Å². The van der Waals surface area contributed by atoms with Crippen molar-refractivity contribution in [3.63, 3.8) is 0 Å². The Morgan fingerprint density at radius 1 is 1.58 bits per heavy atom. The number of aromatic nitrogens is 2. The Bertz CT molecular complexity index is 468. The second-order valence-electron chi connectivity index (χ2n) is 4.93. The fraction of sp³-hybridized carbons (Fsp3) is 0.692. The monoisotopic (exact) mass is 328 g/mol. The molecule has 0 saturated carbocycles. The molecular formula is C13H21BrN4O. The quantitative estimate of drug-likeness (QED) is 0.867. The molecule has 1 unspecified atom stereocenters. The van der Waals surface area contributed by atoms with E-state index in [0.29, 0.717) is 17.1 Å². The van der Waals surface area contributed by atoms with Gasteiger partial charge in [-0.25, -0.2) is 4.68 Å². The van der Waals surface area contributed by atoms with Crippen LogP contribution in [-0.2, 0) is 6.54 Å². The number of hydrogen-bond donors (Lipinski definition) is 2. The first-order chi connectivity index (χ1) is 9.22. The van der Waals surface area contributed by atoms with Gasteiger partial charge in [0.05, 0.1) is 11.9 Å². The molecule has 6 heteroatoms. The lowest BCUT2D eigenvalue weighted by Gasteiger charge is -2.24. The third-order valence-corrected chi connectivity index (χ3v) is 4.14. The number of rotatable bonds is 5. The van der Waals surface area contributed by atoms with E-state index in [1.807, 2.05) is 6.92 Å². The molecule has 0 radical (unpaired) electrons. The first kappa shape index (κ1) is 14.5. The molecule has 19 heavy (non-hydrogen) atoms. The molecule has 0 aliphatic carbocycles. The Balaban J connectivity index is 2.00. The molecule has 1 aromatic heterocycles. The molecule has 1 saturated heterocycles. The summed E-state index contributed by atoms with van der Waals surface area (Å²) >= 11 is 3.37. The van der Waals surface area contributed by atoms with E-state index in [4.69, 9.17) is 0 Å². The van der Waals surface area contributed by atoms with Crippen LogP contribution in [-0.4, -0.2) is 28.9 Å². The van der Waals surface area contributed by atoms with E-state index in [1.165, 1.54) is 23.9 Å². The van der Waals surface area contributed by atoms with E-state index in [2.05, 4.69) is 31.7 Å². The number of nitrogens with one attached hydrogen (secondary N) is 2. The molecule has 1 aliphatic rings. The van der Waals surface area contributed by atoms with E-state index in [-0.39, 0.29) is 5.56 Å². The van der Waals surface area contributed by atoms with Crippen molar-refractivity contribution in [1.29, 1.82) is 0 Å². The predicted molar refractivity (Wildman–Crippen MR) is 80.6 cm³/mol. The Morgan fingerprint density at radius 3 is 3.11 bits per heavy atom. The number of hydrogen-bond acceptors (Lipinski definition) is 4. The van der Waals surface area contributed by atoms with Gasteiger partial charge < -0.3 is 10.6 Å². The molecule has 106 valence electrons. The Morgan fingerprint density at radius 2 is 2.42 bits per heavy atom. The van der Waals surface area contributed by atoms with Crippen LogP contribution in [0.3, 0.4) is 0 Å². The van der Waals surface area contributed by atoms with Gasteiger partial charge in [0.25, 0.3) is 5.56 Å². The highest BCUT2D eigenvalue weighted by Crippen LogP contribution is 2.17. The van der Waals surface area contributed by atoms with Crippen molar-refractivity contribution in [3.8, 4) is 0 Å². The fourth-order valence-corrected chi connectivity index (χ4v) is 2.74. The average molecular weight is 329 g/mol. The summed E-state index contributed by atoms with van der Waals surface area (Å²) < 4.78 is 2.07. The number of nitrogens with zero attached hydrogens (tertiary/aromatic N) is 2. The van der Waals surface area contributed by atoms with E-state index >= 15 is 0 Å². The molecule has 1 fully saturated rings. The predicted octanol–water partition coefficient (Wildman–Crippen LogP) is 1.97. The molecule has 2 heterocycles. The van der Waals surface area contributed by atoms with Crippen molar-refractivity contribution in [2.45, 2.75) is 45.2 Å². The SMILES string of the molecule is CCCn1ncc(NCC2CCCCN2)c(Br)c1=O. The molecule has 5 nitrogen and oxygen atoms in total. The van der Waals surface area contributed by atoms with Gasteiger partial charge in [0, 0.05) is 19.1 Å². The minimum Gasteiger partial charge on any atom is -0.381 e. The van der Waals surface area contributed by atoms with Crippen LogP contribution in [0, 0.1) is 0 Å². The van der Waals surface area contributed by atoms with Gasteiger partial charge >= 0.3 is 0 Å². The maximum absolute atomic E-state index is 12.0. The summed E-state index contributed by atoms with van der Waals surface area (Å²) in [5.74, 6) is 0. The lowest BCUT2D eigenvalue weighted by molar-refractivity contribution is 0.414. The minimum absolute atomic E-state index is 0.0662. The first-order valence-corrected chi connectivity index (χ1v) is 7.74. The summed E-state index contributed by atoms with van der Waals surface area (Å²) in [6.45, 7) is 4.60. The summed E-state index contributed by atoms with van der Waals surface area (Å²) in [6.07, 6.45) is 6.35. The molecule has 1 aromatic rings. The Labute approximate surface area is 121 Å². The van der Waals surface area contributed by atoms with E-state index in [1.54, 1.807) is 6.20 Å². The number of halogens is 1. The molecule has 0 aromatic carbocycles. The van der Waals surface area contributed by atoms with Crippen molar-refractivity contribution in [1.82, 2.24) is 15.1 Å². The van der Waals surface area contributed by atoms with Gasteiger partial charge in [0.15, 0.2) is 0 Å². The molecule has 0 bridgehead atoms. The Kier molecular flexibility index (Phi) is 5.39. The summed E-state index contributed by atoms with van der Waals surface area (Å²) in [5, 5.41) is 11.0. The molecule has 1 aliphatic heterocycles. The van der Waals surface area contributed by atoms with Crippen molar-refractivity contribution in [2.75, 3.05) is 18.4 Å². The minimum atomic E-state index is -0.0662. The third-order valence-electron chi connectivity index (χ3n) is 3.37.